The van der Waals surface area contributed by atoms with Crippen molar-refractivity contribution in [2.75, 3.05) is 21.3 Å². The van der Waals surface area contributed by atoms with E-state index >= 15 is 0 Å². The van der Waals surface area contributed by atoms with Crippen LogP contribution in [0.5, 0.6) is 17.2 Å². The van der Waals surface area contributed by atoms with E-state index in [-0.39, 0.29) is 12.5 Å². The Labute approximate surface area is 196 Å². The zero-order valence-electron chi connectivity index (χ0n) is 19.1. The second-order valence-electron chi connectivity index (χ2n) is 7.99. The molecule has 174 valence electrons. The van der Waals surface area contributed by atoms with Crippen LogP contribution in [0, 0.1) is 0 Å². The molecule has 2 aromatic carbocycles. The van der Waals surface area contributed by atoms with Crippen LogP contribution in [0.25, 0.3) is 22.2 Å². The first-order valence-electron chi connectivity index (χ1n) is 10.9. The van der Waals surface area contributed by atoms with Crippen molar-refractivity contribution in [1.29, 1.82) is 0 Å². The number of hydrogen-bond acceptors (Lipinski definition) is 8. The van der Waals surface area contributed by atoms with E-state index < -0.39 is 0 Å². The Bertz CT molecular complexity index is 1340. The minimum atomic E-state index is -0.265. The Morgan fingerprint density at radius 2 is 1.76 bits per heavy atom. The number of nitrogens with zero attached hydrogens (tertiary/aromatic N) is 3. The maximum absolute atomic E-state index is 13.2. The van der Waals surface area contributed by atoms with Crippen molar-refractivity contribution in [2.45, 2.75) is 25.3 Å². The molecule has 1 aliphatic carbocycles. The van der Waals surface area contributed by atoms with Gasteiger partial charge in [0.15, 0.2) is 17.3 Å². The number of methoxy groups -OCH3 is 3. The van der Waals surface area contributed by atoms with Gasteiger partial charge in [-0.15, -0.1) is 0 Å². The van der Waals surface area contributed by atoms with Crippen molar-refractivity contribution < 1.29 is 23.5 Å². The number of rotatable bonds is 8. The highest BCUT2D eigenvalue weighted by atomic mass is 16.5. The quantitative estimate of drug-likeness (QED) is 0.418. The first-order valence-corrected chi connectivity index (χ1v) is 10.9. The van der Waals surface area contributed by atoms with E-state index in [1.165, 1.54) is 0 Å². The van der Waals surface area contributed by atoms with Gasteiger partial charge < -0.3 is 24.1 Å². The van der Waals surface area contributed by atoms with Gasteiger partial charge in [-0.3, -0.25) is 4.79 Å². The van der Waals surface area contributed by atoms with E-state index in [0.29, 0.717) is 51.7 Å². The number of ether oxygens (including phenoxy) is 3. The summed E-state index contributed by atoms with van der Waals surface area (Å²) in [5, 5.41) is 7.62. The predicted octanol–water partition coefficient (Wildman–Crippen LogP) is 4.12. The summed E-state index contributed by atoms with van der Waals surface area (Å²) in [6.07, 6.45) is 2.16. The van der Waals surface area contributed by atoms with Crippen molar-refractivity contribution in [3.8, 4) is 28.5 Å². The highest BCUT2D eigenvalue weighted by molar-refractivity contribution is 6.07. The molecule has 9 heteroatoms. The molecule has 0 unspecified atom stereocenters. The standard InChI is InChI=1S/C25H24N4O5/c1-31-20-10-15(11-21(32-2)23(20)33-3)19-12-17(16-6-4-5-7-18(16)27-19)25(30)26-13-22-28-24(29-34-22)14-8-9-14/h4-7,10-12,14H,8-9,13H2,1-3H3,(H,26,30). The monoisotopic (exact) mass is 460 g/mol. The Balaban J connectivity index is 1.50. The number of amides is 1. The molecule has 0 aliphatic heterocycles. The van der Waals surface area contributed by atoms with Crippen LogP contribution in [0.1, 0.15) is 40.8 Å². The molecule has 2 heterocycles. The summed E-state index contributed by atoms with van der Waals surface area (Å²) in [5.41, 5.74) is 2.49. The highest BCUT2D eigenvalue weighted by Gasteiger charge is 2.28. The number of aromatic nitrogens is 3. The molecule has 1 aliphatic rings. The molecular formula is C25H24N4O5. The molecule has 1 saturated carbocycles. The fourth-order valence-corrected chi connectivity index (χ4v) is 3.84. The molecule has 5 rings (SSSR count). The van der Waals surface area contributed by atoms with Crippen molar-refractivity contribution in [1.82, 2.24) is 20.4 Å². The molecule has 0 bridgehead atoms. The van der Waals surface area contributed by atoms with Gasteiger partial charge in [0.1, 0.15) is 0 Å². The summed E-state index contributed by atoms with van der Waals surface area (Å²) < 4.78 is 21.7. The summed E-state index contributed by atoms with van der Waals surface area (Å²) >= 11 is 0. The first-order chi connectivity index (χ1) is 16.6. The lowest BCUT2D eigenvalue weighted by Gasteiger charge is -2.15. The fraction of sp³-hybridized carbons (Fsp3) is 0.280. The molecule has 0 spiro atoms. The van der Waals surface area contributed by atoms with E-state index in [0.717, 1.165) is 23.8 Å². The van der Waals surface area contributed by atoms with Gasteiger partial charge in [-0.2, -0.15) is 4.98 Å². The molecule has 1 fully saturated rings. The number of pyridine rings is 1. The molecule has 1 amide bonds. The number of fused-ring (bicyclic) bond motifs is 1. The molecule has 34 heavy (non-hydrogen) atoms. The molecule has 0 saturated heterocycles. The van der Waals surface area contributed by atoms with E-state index in [9.17, 15) is 4.79 Å². The van der Waals surface area contributed by atoms with E-state index in [1.807, 2.05) is 24.3 Å². The van der Waals surface area contributed by atoms with Gasteiger partial charge in [-0.25, -0.2) is 4.98 Å². The van der Waals surface area contributed by atoms with Gasteiger partial charge in [-0.1, -0.05) is 23.4 Å². The van der Waals surface area contributed by atoms with E-state index in [4.69, 9.17) is 23.7 Å². The smallest absolute Gasteiger partial charge is 0.252 e. The van der Waals surface area contributed by atoms with Crippen LogP contribution in [-0.2, 0) is 6.54 Å². The topological polar surface area (TPSA) is 109 Å². The van der Waals surface area contributed by atoms with Gasteiger partial charge in [0, 0.05) is 16.9 Å². The normalized spacial score (nSPS) is 13.0. The van der Waals surface area contributed by atoms with Crippen LogP contribution in [-0.4, -0.2) is 42.4 Å². The van der Waals surface area contributed by atoms with Crippen LogP contribution >= 0.6 is 0 Å². The number of benzene rings is 2. The van der Waals surface area contributed by atoms with Gasteiger partial charge in [0.25, 0.3) is 5.91 Å². The van der Waals surface area contributed by atoms with Crippen molar-refractivity contribution in [3.63, 3.8) is 0 Å². The lowest BCUT2D eigenvalue weighted by molar-refractivity contribution is 0.0948. The molecule has 0 atom stereocenters. The van der Waals surface area contributed by atoms with Crippen LogP contribution < -0.4 is 19.5 Å². The molecule has 2 aromatic heterocycles. The third kappa shape index (κ3) is 4.12. The second-order valence-corrected chi connectivity index (χ2v) is 7.99. The number of carbonyl (C=O) groups is 1. The Morgan fingerprint density at radius 3 is 2.44 bits per heavy atom. The third-order valence-corrected chi connectivity index (χ3v) is 5.75. The predicted molar refractivity (Wildman–Crippen MR) is 124 cm³/mol. The van der Waals surface area contributed by atoms with Crippen LogP contribution in [0.3, 0.4) is 0 Å². The highest BCUT2D eigenvalue weighted by Crippen LogP contribution is 2.41. The van der Waals surface area contributed by atoms with Crippen LogP contribution in [0.4, 0.5) is 0 Å². The average Bonchev–Trinajstić information content (AvgIpc) is 3.63. The Kier molecular flexibility index (Phi) is 5.75. The van der Waals surface area contributed by atoms with Crippen LogP contribution in [0.2, 0.25) is 0 Å². The summed E-state index contributed by atoms with van der Waals surface area (Å²) in [4.78, 5) is 22.4. The minimum Gasteiger partial charge on any atom is -0.493 e. The molecule has 9 nitrogen and oxygen atoms in total. The van der Waals surface area contributed by atoms with Gasteiger partial charge in [-0.05, 0) is 37.1 Å². The van der Waals surface area contributed by atoms with Gasteiger partial charge in [0.05, 0.1) is 44.6 Å². The maximum atomic E-state index is 13.2. The molecular weight excluding hydrogens is 436 g/mol. The Morgan fingerprint density at radius 1 is 1.03 bits per heavy atom. The maximum Gasteiger partial charge on any atom is 0.252 e. The SMILES string of the molecule is COc1cc(-c2cc(C(=O)NCc3nc(C4CC4)no3)c3ccccc3n2)cc(OC)c1OC. The second kappa shape index (κ2) is 9.01. The average molecular weight is 460 g/mol. The lowest BCUT2D eigenvalue weighted by atomic mass is 10.0. The molecule has 4 aromatic rings. The lowest BCUT2D eigenvalue weighted by Crippen LogP contribution is -2.23. The Hall–Kier alpha value is -4.14. The van der Waals surface area contributed by atoms with E-state index in [1.54, 1.807) is 39.5 Å². The zero-order chi connectivity index (χ0) is 23.7. The van der Waals surface area contributed by atoms with Crippen molar-refractivity contribution in [3.05, 3.63) is 59.7 Å². The summed E-state index contributed by atoms with van der Waals surface area (Å²) in [6.45, 7) is 0.148. The largest absolute Gasteiger partial charge is 0.493 e. The first kappa shape index (κ1) is 21.7. The van der Waals surface area contributed by atoms with Gasteiger partial charge >= 0.3 is 0 Å². The zero-order valence-corrected chi connectivity index (χ0v) is 19.1. The van der Waals surface area contributed by atoms with Crippen molar-refractivity contribution >= 4 is 16.8 Å². The number of carbonyl (C=O) groups excluding carboxylic acids is 1. The number of para-hydroxylation sites is 1. The number of nitrogens with one attached hydrogen (secondary N) is 1. The fourth-order valence-electron chi connectivity index (χ4n) is 3.84. The summed E-state index contributed by atoms with van der Waals surface area (Å²) in [6, 6.07) is 12.9. The van der Waals surface area contributed by atoms with Crippen LogP contribution in [0.15, 0.2) is 47.0 Å². The minimum absolute atomic E-state index is 0.148. The van der Waals surface area contributed by atoms with Gasteiger partial charge in [0.2, 0.25) is 11.6 Å². The molecule has 0 radical (unpaired) electrons. The summed E-state index contributed by atoms with van der Waals surface area (Å²) in [7, 11) is 4.66. The number of hydrogen-bond donors (Lipinski definition) is 1. The van der Waals surface area contributed by atoms with E-state index in [2.05, 4.69) is 15.5 Å². The molecule has 1 N–H and O–H groups in total. The third-order valence-electron chi connectivity index (χ3n) is 5.75. The summed E-state index contributed by atoms with van der Waals surface area (Å²) in [5.74, 6) is 2.71. The van der Waals surface area contributed by atoms with Crippen molar-refractivity contribution in [2.24, 2.45) is 0 Å².